The van der Waals surface area contributed by atoms with Gasteiger partial charge in [0, 0.05) is 19.2 Å². The van der Waals surface area contributed by atoms with Gasteiger partial charge in [-0.25, -0.2) is 8.42 Å². The third-order valence-electron chi connectivity index (χ3n) is 3.25. The smallest absolute Gasteiger partial charge is 0.243 e. The highest BCUT2D eigenvalue weighted by Gasteiger charge is 2.35. The van der Waals surface area contributed by atoms with Gasteiger partial charge < -0.3 is 9.47 Å². The lowest BCUT2D eigenvalue weighted by Gasteiger charge is -2.21. The van der Waals surface area contributed by atoms with Gasteiger partial charge in [-0.05, 0) is 25.0 Å². The summed E-state index contributed by atoms with van der Waals surface area (Å²) in [6, 6.07) is 4.93. The highest BCUT2D eigenvalue weighted by molar-refractivity contribution is 7.89. The van der Waals surface area contributed by atoms with Crippen LogP contribution >= 0.6 is 0 Å². The highest BCUT2D eigenvalue weighted by atomic mass is 32.2. The molecule has 6 heteroatoms. The van der Waals surface area contributed by atoms with Crippen molar-refractivity contribution < 1.29 is 17.9 Å². The van der Waals surface area contributed by atoms with Crippen molar-refractivity contribution in [3.05, 3.63) is 18.2 Å². The summed E-state index contributed by atoms with van der Waals surface area (Å²) in [6.45, 7) is 0.954. The van der Waals surface area contributed by atoms with Crippen LogP contribution in [0.5, 0.6) is 11.5 Å². The number of benzene rings is 1. The van der Waals surface area contributed by atoms with Gasteiger partial charge in [0.25, 0.3) is 0 Å². The number of hydrogen-bond donors (Lipinski definition) is 0. The molecule has 1 saturated carbocycles. The van der Waals surface area contributed by atoms with E-state index < -0.39 is 10.0 Å². The van der Waals surface area contributed by atoms with Crippen molar-refractivity contribution >= 4 is 10.0 Å². The lowest BCUT2D eigenvalue weighted by molar-refractivity contribution is 0.171. The summed E-state index contributed by atoms with van der Waals surface area (Å²) >= 11 is 0. The molecular weight excluding hydrogens is 254 g/mol. The first kappa shape index (κ1) is 11.8. The Morgan fingerprint density at radius 3 is 2.50 bits per heavy atom. The van der Waals surface area contributed by atoms with Gasteiger partial charge >= 0.3 is 0 Å². The highest BCUT2D eigenvalue weighted by Crippen LogP contribution is 2.35. The summed E-state index contributed by atoms with van der Waals surface area (Å²) in [4.78, 5) is 0.265. The molecule has 1 aromatic rings. The summed E-state index contributed by atoms with van der Waals surface area (Å²) in [6.07, 6.45) is 1.89. The summed E-state index contributed by atoms with van der Waals surface area (Å²) in [7, 11) is -1.78. The van der Waals surface area contributed by atoms with Crippen LogP contribution in [0.15, 0.2) is 23.1 Å². The molecule has 98 valence electrons. The molecule has 1 aliphatic carbocycles. The molecular formula is C12H15NO4S. The van der Waals surface area contributed by atoms with Crippen LogP contribution < -0.4 is 9.47 Å². The monoisotopic (exact) mass is 269 g/mol. The van der Waals surface area contributed by atoms with Crippen LogP contribution in [-0.4, -0.2) is 39.0 Å². The molecule has 1 aromatic carbocycles. The minimum atomic E-state index is -3.41. The third-order valence-corrected chi connectivity index (χ3v) is 5.16. The number of hydrogen-bond acceptors (Lipinski definition) is 4. The fourth-order valence-corrected chi connectivity index (χ4v) is 3.42. The average Bonchev–Trinajstić information content (AvgIpc) is 3.21. The Labute approximate surface area is 106 Å². The fraction of sp³-hybridized carbons (Fsp3) is 0.500. The van der Waals surface area contributed by atoms with Crippen molar-refractivity contribution in [2.24, 2.45) is 0 Å². The van der Waals surface area contributed by atoms with Crippen LogP contribution in [0, 0.1) is 0 Å². The molecule has 2 aliphatic rings. The van der Waals surface area contributed by atoms with Gasteiger partial charge in [0.1, 0.15) is 13.2 Å². The van der Waals surface area contributed by atoms with Gasteiger partial charge in [0.15, 0.2) is 11.5 Å². The zero-order valence-electron chi connectivity index (χ0n) is 10.1. The maximum absolute atomic E-state index is 12.3. The second-order valence-electron chi connectivity index (χ2n) is 4.56. The Kier molecular flexibility index (Phi) is 2.71. The molecule has 3 rings (SSSR count). The van der Waals surface area contributed by atoms with Gasteiger partial charge in [0.05, 0.1) is 4.90 Å². The van der Waals surface area contributed by atoms with Gasteiger partial charge in [-0.15, -0.1) is 0 Å². The van der Waals surface area contributed by atoms with Crippen molar-refractivity contribution in [1.82, 2.24) is 4.31 Å². The Hall–Kier alpha value is -1.27. The minimum Gasteiger partial charge on any atom is -0.486 e. The molecule has 0 atom stereocenters. The molecule has 0 bridgehead atoms. The first-order chi connectivity index (χ1) is 8.59. The van der Waals surface area contributed by atoms with E-state index in [1.54, 1.807) is 25.2 Å². The zero-order valence-corrected chi connectivity index (χ0v) is 10.9. The number of nitrogens with zero attached hydrogens (tertiary/aromatic N) is 1. The molecule has 1 fully saturated rings. The van der Waals surface area contributed by atoms with Crippen LogP contribution in [0.1, 0.15) is 12.8 Å². The summed E-state index contributed by atoms with van der Waals surface area (Å²) < 4.78 is 36.9. The SMILES string of the molecule is CN(C1CC1)S(=O)(=O)c1ccc2c(c1)OCCO2. The number of ether oxygens (including phenoxy) is 2. The Morgan fingerprint density at radius 2 is 1.83 bits per heavy atom. The molecule has 1 heterocycles. The van der Waals surface area contributed by atoms with Crippen molar-refractivity contribution in [3.8, 4) is 11.5 Å². The molecule has 5 nitrogen and oxygen atoms in total. The number of sulfonamides is 1. The van der Waals surface area contributed by atoms with E-state index in [9.17, 15) is 8.42 Å². The van der Waals surface area contributed by atoms with Crippen LogP contribution in [0.25, 0.3) is 0 Å². The molecule has 0 N–H and O–H groups in total. The standard InChI is InChI=1S/C12H15NO4S/c1-13(9-2-3-9)18(14,15)10-4-5-11-12(8-10)17-7-6-16-11/h4-5,8-9H,2-3,6-7H2,1H3. The Morgan fingerprint density at radius 1 is 1.17 bits per heavy atom. The van der Waals surface area contributed by atoms with Crippen molar-refractivity contribution in [2.45, 2.75) is 23.8 Å². The van der Waals surface area contributed by atoms with Crippen LogP contribution in [0.2, 0.25) is 0 Å². The molecule has 1 aliphatic heterocycles. The van der Waals surface area contributed by atoms with Crippen molar-refractivity contribution in [2.75, 3.05) is 20.3 Å². The first-order valence-corrected chi connectivity index (χ1v) is 7.41. The molecule has 18 heavy (non-hydrogen) atoms. The second-order valence-corrected chi connectivity index (χ2v) is 6.56. The van der Waals surface area contributed by atoms with Gasteiger partial charge in [-0.3, -0.25) is 0 Å². The van der Waals surface area contributed by atoms with E-state index in [2.05, 4.69) is 0 Å². The topological polar surface area (TPSA) is 55.8 Å². The summed E-state index contributed by atoms with van der Waals surface area (Å²) in [5.41, 5.74) is 0. The van der Waals surface area contributed by atoms with Crippen LogP contribution in [-0.2, 0) is 10.0 Å². The third kappa shape index (κ3) is 1.95. The van der Waals surface area contributed by atoms with E-state index in [4.69, 9.17) is 9.47 Å². The zero-order chi connectivity index (χ0) is 12.8. The molecule has 0 unspecified atom stereocenters. The van der Waals surface area contributed by atoms with E-state index in [0.717, 1.165) is 12.8 Å². The van der Waals surface area contributed by atoms with Gasteiger partial charge in [0.2, 0.25) is 10.0 Å². The normalized spacial score (nSPS) is 19.0. The number of fused-ring (bicyclic) bond motifs is 1. The molecule has 0 aromatic heterocycles. The van der Waals surface area contributed by atoms with Crippen LogP contribution in [0.4, 0.5) is 0 Å². The van der Waals surface area contributed by atoms with E-state index >= 15 is 0 Å². The van der Waals surface area contributed by atoms with Crippen LogP contribution in [0.3, 0.4) is 0 Å². The molecule has 0 saturated heterocycles. The van der Waals surface area contributed by atoms with Gasteiger partial charge in [-0.2, -0.15) is 4.31 Å². The minimum absolute atomic E-state index is 0.156. The summed E-state index contributed by atoms with van der Waals surface area (Å²) in [5.74, 6) is 1.11. The molecule has 0 spiro atoms. The molecule has 0 amide bonds. The summed E-state index contributed by atoms with van der Waals surface area (Å²) in [5, 5.41) is 0. The lowest BCUT2D eigenvalue weighted by atomic mass is 10.3. The fourth-order valence-electron chi connectivity index (χ4n) is 1.98. The maximum Gasteiger partial charge on any atom is 0.243 e. The second kappa shape index (κ2) is 4.13. The van der Waals surface area contributed by atoms with Crippen molar-refractivity contribution in [3.63, 3.8) is 0 Å². The van der Waals surface area contributed by atoms with E-state index in [-0.39, 0.29) is 10.9 Å². The largest absolute Gasteiger partial charge is 0.486 e. The van der Waals surface area contributed by atoms with Crippen molar-refractivity contribution in [1.29, 1.82) is 0 Å². The predicted octanol–water partition coefficient (Wildman–Crippen LogP) is 1.24. The quantitative estimate of drug-likeness (QED) is 0.828. The average molecular weight is 269 g/mol. The predicted molar refractivity (Wildman–Crippen MR) is 65.4 cm³/mol. The lowest BCUT2D eigenvalue weighted by Crippen LogP contribution is -2.29. The Balaban J connectivity index is 1.96. The van der Waals surface area contributed by atoms with E-state index in [1.165, 1.54) is 4.31 Å². The molecule has 0 radical (unpaired) electrons. The first-order valence-electron chi connectivity index (χ1n) is 5.97. The van der Waals surface area contributed by atoms with E-state index in [0.29, 0.717) is 24.7 Å². The van der Waals surface area contributed by atoms with Gasteiger partial charge in [-0.1, -0.05) is 0 Å². The number of rotatable bonds is 3. The maximum atomic E-state index is 12.3. The van der Waals surface area contributed by atoms with E-state index in [1.807, 2.05) is 0 Å². The Bertz CT molecular complexity index is 565.